The van der Waals surface area contributed by atoms with Crippen molar-refractivity contribution in [3.05, 3.63) is 65.2 Å². The van der Waals surface area contributed by atoms with Gasteiger partial charge in [-0.25, -0.2) is 0 Å². The van der Waals surface area contributed by atoms with Crippen LogP contribution >= 0.6 is 11.8 Å². The molecule has 5 rings (SSSR count). The van der Waals surface area contributed by atoms with Crippen molar-refractivity contribution in [2.75, 3.05) is 0 Å². The predicted molar refractivity (Wildman–Crippen MR) is 126 cm³/mol. The normalized spacial score (nSPS) is 24.0. The first-order valence-electron chi connectivity index (χ1n) is 11.6. The molecule has 2 amide bonds. The molecule has 182 valence electrons. The molecule has 2 saturated heterocycles. The van der Waals surface area contributed by atoms with Crippen molar-refractivity contribution < 1.29 is 58.6 Å². The summed E-state index contributed by atoms with van der Waals surface area (Å²) in [6.45, 7) is 3.45. The number of β-lactam (4-membered cyclic amide) rings is 1. The number of hydrogen-bond acceptors (Lipinski definition) is 7. The second kappa shape index (κ2) is 10.2. The quantitative estimate of drug-likeness (QED) is 0.158. The molecule has 0 spiro atoms. The molecule has 0 aromatic heterocycles. The predicted octanol–water partition coefficient (Wildman–Crippen LogP) is -1.83. The molecular formula is C26H25N2NaO6S. The van der Waals surface area contributed by atoms with E-state index in [4.69, 9.17) is 4.74 Å². The molecule has 0 bridgehead atoms. The fourth-order valence-corrected chi connectivity index (χ4v) is 6.81. The number of rotatable bonds is 6. The molecule has 1 aliphatic carbocycles. The Bertz CT molecular complexity index is 1220. The van der Waals surface area contributed by atoms with Crippen LogP contribution in [0.15, 0.2) is 48.5 Å². The van der Waals surface area contributed by atoms with E-state index in [1.54, 1.807) is 50.2 Å². The first-order valence-corrected chi connectivity index (χ1v) is 12.4. The van der Waals surface area contributed by atoms with E-state index in [9.17, 15) is 24.3 Å². The number of nitrogens with one attached hydrogen (secondary N) is 1. The Labute approximate surface area is 235 Å². The van der Waals surface area contributed by atoms with E-state index in [2.05, 4.69) is 5.32 Å². The third-order valence-corrected chi connectivity index (χ3v) is 8.45. The zero-order valence-electron chi connectivity index (χ0n) is 20.4. The van der Waals surface area contributed by atoms with Gasteiger partial charge in [0.05, 0.1) is 12.0 Å². The molecule has 1 N–H and O–H groups in total. The second-order valence-electron chi connectivity index (χ2n) is 9.61. The van der Waals surface area contributed by atoms with E-state index in [0.29, 0.717) is 11.3 Å². The number of carbonyl (C=O) groups excluding carboxylic acids is 4. The molecule has 8 nitrogen and oxygen atoms in total. The number of hydrogen-bond donors (Lipinski definition) is 1. The van der Waals surface area contributed by atoms with Crippen LogP contribution in [0.1, 0.15) is 42.9 Å². The Morgan fingerprint density at radius 1 is 1.11 bits per heavy atom. The Balaban J connectivity index is 0.00000304. The van der Waals surface area contributed by atoms with Crippen LogP contribution in [-0.4, -0.2) is 50.9 Å². The number of carbonyl (C=O) groups is 4. The van der Waals surface area contributed by atoms with Crippen LogP contribution in [-0.2, 0) is 32.0 Å². The summed E-state index contributed by atoms with van der Waals surface area (Å²) in [5.41, 5.74) is 2.81. The van der Waals surface area contributed by atoms with Gasteiger partial charge in [-0.3, -0.25) is 14.4 Å². The Morgan fingerprint density at radius 2 is 1.81 bits per heavy atom. The average molecular weight is 517 g/mol. The standard InChI is InChI=1S/C26H26N2O6S.Na/c1-26(2)20(24(31)32)28-22(30)19(23(28)35-26)27-21(29)18(15-7-4-3-5-8-15)25(33)34-17-12-11-14-9-6-10-16(14)13-17;/h3-5,7-8,11-13,18-20,23H,6,9-10H2,1-2H3,(H,27,29)(H,31,32);/q;+1/p-1/t18?,19?,20?,23-;/m0./s1. The van der Waals surface area contributed by atoms with Crippen molar-refractivity contribution in [3.63, 3.8) is 0 Å². The van der Waals surface area contributed by atoms with Gasteiger partial charge in [-0.05, 0) is 61.9 Å². The molecule has 4 atom stereocenters. The summed E-state index contributed by atoms with van der Waals surface area (Å²) in [5.74, 6) is -4.17. The monoisotopic (exact) mass is 516 g/mol. The molecule has 0 saturated carbocycles. The number of fused-ring (bicyclic) bond motifs is 2. The van der Waals surface area contributed by atoms with Crippen molar-refractivity contribution in [2.24, 2.45) is 0 Å². The van der Waals surface area contributed by atoms with Gasteiger partial charge in [-0.2, -0.15) is 0 Å². The maximum absolute atomic E-state index is 13.4. The zero-order valence-corrected chi connectivity index (χ0v) is 23.2. The molecule has 2 heterocycles. The van der Waals surface area contributed by atoms with Gasteiger partial charge in [0.15, 0.2) is 5.92 Å². The van der Waals surface area contributed by atoms with Crippen LogP contribution in [0.2, 0.25) is 0 Å². The van der Waals surface area contributed by atoms with Crippen molar-refractivity contribution in [1.82, 2.24) is 10.2 Å². The zero-order chi connectivity index (χ0) is 24.9. The SMILES string of the molecule is CC1(C)S[C@H]2C(NC(=O)C(C(=O)Oc3ccc4c(c3)CCC4)c3ccccc3)C(=O)N2C1C(=O)[O-].[Na+]. The molecule has 2 aromatic carbocycles. The first-order chi connectivity index (χ1) is 16.7. The number of aryl methyl sites for hydroxylation is 2. The van der Waals surface area contributed by atoms with Gasteiger partial charge < -0.3 is 24.9 Å². The van der Waals surface area contributed by atoms with Crippen LogP contribution < -0.4 is 44.7 Å². The van der Waals surface area contributed by atoms with E-state index in [1.807, 2.05) is 12.1 Å². The van der Waals surface area contributed by atoms with Gasteiger partial charge in [-0.1, -0.05) is 36.4 Å². The summed E-state index contributed by atoms with van der Waals surface area (Å²) in [5, 5.41) is 13.8. The summed E-state index contributed by atoms with van der Waals surface area (Å²) in [7, 11) is 0. The minimum Gasteiger partial charge on any atom is -0.548 e. The number of nitrogens with zero attached hydrogens (tertiary/aromatic N) is 1. The van der Waals surface area contributed by atoms with Crippen molar-refractivity contribution in [2.45, 2.75) is 61.2 Å². The molecule has 10 heteroatoms. The average Bonchev–Trinajstić information content (AvgIpc) is 3.38. The van der Waals surface area contributed by atoms with Crippen LogP contribution in [0.25, 0.3) is 0 Å². The number of esters is 1. The van der Waals surface area contributed by atoms with E-state index >= 15 is 0 Å². The van der Waals surface area contributed by atoms with Gasteiger partial charge in [0, 0.05) is 4.75 Å². The first kappa shape index (κ1) is 26.7. The topological polar surface area (TPSA) is 116 Å². The van der Waals surface area contributed by atoms with E-state index in [1.165, 1.54) is 22.2 Å². The number of amides is 2. The summed E-state index contributed by atoms with van der Waals surface area (Å²) in [6, 6.07) is 12.0. The molecule has 36 heavy (non-hydrogen) atoms. The number of carboxylic acid groups (broad SMARTS) is 1. The van der Waals surface area contributed by atoms with Crippen molar-refractivity contribution in [1.29, 1.82) is 0 Å². The summed E-state index contributed by atoms with van der Waals surface area (Å²) in [6.07, 6.45) is 2.98. The number of ether oxygens (including phenoxy) is 1. The van der Waals surface area contributed by atoms with Crippen LogP contribution in [0.3, 0.4) is 0 Å². The Morgan fingerprint density at radius 3 is 2.50 bits per heavy atom. The molecule has 2 aliphatic heterocycles. The minimum absolute atomic E-state index is 0. The molecule has 3 aliphatic rings. The van der Waals surface area contributed by atoms with Crippen molar-refractivity contribution >= 4 is 35.5 Å². The van der Waals surface area contributed by atoms with E-state index in [-0.39, 0.29) is 29.6 Å². The Kier molecular flexibility index (Phi) is 7.57. The van der Waals surface area contributed by atoms with Crippen molar-refractivity contribution in [3.8, 4) is 5.75 Å². The summed E-state index contributed by atoms with van der Waals surface area (Å²) in [4.78, 5) is 52.3. The largest absolute Gasteiger partial charge is 1.00 e. The number of carboxylic acids is 1. The summed E-state index contributed by atoms with van der Waals surface area (Å²) >= 11 is 1.29. The van der Waals surface area contributed by atoms with E-state index in [0.717, 1.165) is 24.8 Å². The number of benzene rings is 2. The molecule has 2 aromatic rings. The van der Waals surface area contributed by atoms with Crippen LogP contribution in [0.4, 0.5) is 0 Å². The second-order valence-corrected chi connectivity index (χ2v) is 11.4. The molecule has 2 fully saturated rings. The van der Waals surface area contributed by atoms with Gasteiger partial charge in [-0.15, -0.1) is 11.8 Å². The smallest absolute Gasteiger partial charge is 0.548 e. The maximum Gasteiger partial charge on any atom is 1.00 e. The van der Waals surface area contributed by atoms with E-state index < -0.39 is 51.9 Å². The maximum atomic E-state index is 13.4. The number of aliphatic carboxylic acids is 1. The van der Waals surface area contributed by atoms with Gasteiger partial charge in [0.2, 0.25) is 11.8 Å². The van der Waals surface area contributed by atoms with Crippen LogP contribution in [0, 0.1) is 0 Å². The van der Waals surface area contributed by atoms with Gasteiger partial charge in [0.1, 0.15) is 17.2 Å². The third-order valence-electron chi connectivity index (χ3n) is 6.88. The van der Waals surface area contributed by atoms with Gasteiger partial charge in [0.25, 0.3) is 0 Å². The molecule has 0 radical (unpaired) electrons. The fraction of sp³-hybridized carbons (Fsp3) is 0.385. The summed E-state index contributed by atoms with van der Waals surface area (Å²) < 4.78 is 4.85. The van der Waals surface area contributed by atoms with Gasteiger partial charge >= 0.3 is 35.5 Å². The third kappa shape index (κ3) is 4.69. The minimum atomic E-state index is -1.33. The molecule has 3 unspecified atom stereocenters. The van der Waals surface area contributed by atoms with Crippen LogP contribution in [0.5, 0.6) is 5.75 Å². The molecular weight excluding hydrogens is 491 g/mol. The fourth-order valence-electron chi connectivity index (χ4n) is 5.19. The Hall–Kier alpha value is -2.33. The number of thioether (sulfide) groups is 1.